The summed E-state index contributed by atoms with van der Waals surface area (Å²) in [5.41, 5.74) is 0. The molecule has 0 spiro atoms. The number of esters is 2. The number of hydrogen-bond donors (Lipinski definition) is 1. The van der Waals surface area contributed by atoms with Gasteiger partial charge in [0.15, 0.2) is 0 Å². The van der Waals surface area contributed by atoms with E-state index in [-0.39, 0.29) is 45.9 Å². The van der Waals surface area contributed by atoms with Gasteiger partial charge in [-0.05, 0) is 12.8 Å². The maximum Gasteiger partial charge on any atom is 0.313 e. The summed E-state index contributed by atoms with van der Waals surface area (Å²) in [6, 6.07) is 0. The minimum atomic E-state index is -2.37. The zero-order chi connectivity index (χ0) is 24.1. The van der Waals surface area contributed by atoms with Gasteiger partial charge in [0.05, 0.1) is 32.8 Å². The van der Waals surface area contributed by atoms with Crippen molar-refractivity contribution in [1.82, 2.24) is 0 Å². The van der Waals surface area contributed by atoms with Crippen LogP contribution in [0.25, 0.3) is 0 Å². The van der Waals surface area contributed by atoms with Gasteiger partial charge in [-0.15, -0.1) is 0 Å². The number of carbonyl (C=O) groups is 3. The first-order valence-corrected chi connectivity index (χ1v) is 9.40. The third-order valence-corrected chi connectivity index (χ3v) is 3.72. The van der Waals surface area contributed by atoms with Gasteiger partial charge in [0.25, 0.3) is 0 Å². The van der Waals surface area contributed by atoms with E-state index < -0.39 is 59.2 Å². The number of unbranched alkanes of at least 4 members (excludes halogenated alkanes) is 1. The molecular weight excluding hydrogens is 451 g/mol. The van der Waals surface area contributed by atoms with E-state index in [0.29, 0.717) is 12.8 Å². The van der Waals surface area contributed by atoms with Crippen molar-refractivity contribution in [2.75, 3.05) is 33.0 Å². The highest BCUT2D eigenvalue weighted by atomic mass is 19.2. The molecule has 8 nitrogen and oxygen atoms in total. The normalized spacial score (nSPS) is 10.8. The molecule has 1 aromatic rings. The van der Waals surface area contributed by atoms with Crippen molar-refractivity contribution >= 4 is 17.9 Å². The van der Waals surface area contributed by atoms with E-state index in [2.05, 4.69) is 4.74 Å². The van der Waals surface area contributed by atoms with Crippen LogP contribution in [0.15, 0.2) is 0 Å². The maximum absolute atomic E-state index is 13.4. The Balaban J connectivity index is 2.11. The molecule has 32 heavy (non-hydrogen) atoms. The SMILES string of the molecule is O=C(O)CCCCC(=O)OCCOCCOCCC(=O)Oc1c(F)c(F)c(F)c(F)c1F. The lowest BCUT2D eigenvalue weighted by atomic mass is 10.2. The molecule has 1 aromatic carbocycles. The second-order valence-electron chi connectivity index (χ2n) is 6.17. The van der Waals surface area contributed by atoms with Crippen molar-refractivity contribution in [1.29, 1.82) is 0 Å². The topological polar surface area (TPSA) is 108 Å². The minimum Gasteiger partial charge on any atom is -0.481 e. The van der Waals surface area contributed by atoms with Gasteiger partial charge in [0.1, 0.15) is 6.61 Å². The molecule has 0 aromatic heterocycles. The molecule has 13 heteroatoms. The third kappa shape index (κ3) is 9.56. The quantitative estimate of drug-likeness (QED) is 0.104. The Morgan fingerprint density at radius 2 is 1.12 bits per heavy atom. The van der Waals surface area contributed by atoms with Gasteiger partial charge in [-0.3, -0.25) is 14.4 Å². The van der Waals surface area contributed by atoms with Gasteiger partial charge < -0.3 is 24.1 Å². The highest BCUT2D eigenvalue weighted by Crippen LogP contribution is 2.29. The molecule has 0 atom stereocenters. The minimum absolute atomic E-state index is 0.00105. The lowest BCUT2D eigenvalue weighted by Crippen LogP contribution is -2.16. The van der Waals surface area contributed by atoms with Crippen LogP contribution in [0.4, 0.5) is 22.0 Å². The van der Waals surface area contributed by atoms with Gasteiger partial charge in [0, 0.05) is 12.8 Å². The smallest absolute Gasteiger partial charge is 0.313 e. The summed E-state index contributed by atoms with van der Waals surface area (Å²) in [5.74, 6) is -15.7. The van der Waals surface area contributed by atoms with Crippen molar-refractivity contribution < 1.29 is 60.4 Å². The number of hydrogen-bond acceptors (Lipinski definition) is 7. The van der Waals surface area contributed by atoms with E-state index in [1.807, 2.05) is 0 Å². The monoisotopic (exact) mass is 472 g/mol. The summed E-state index contributed by atoms with van der Waals surface area (Å²) < 4.78 is 85.0. The van der Waals surface area contributed by atoms with Crippen LogP contribution in [0.2, 0.25) is 0 Å². The molecule has 180 valence electrons. The number of benzene rings is 1. The number of rotatable bonds is 15. The van der Waals surface area contributed by atoms with Gasteiger partial charge in [0.2, 0.25) is 34.8 Å². The second-order valence-corrected chi connectivity index (χ2v) is 6.17. The van der Waals surface area contributed by atoms with Crippen molar-refractivity contribution in [2.45, 2.75) is 32.1 Å². The van der Waals surface area contributed by atoms with E-state index >= 15 is 0 Å². The fraction of sp³-hybridized carbons (Fsp3) is 0.526. The maximum atomic E-state index is 13.4. The summed E-state index contributed by atoms with van der Waals surface area (Å²) >= 11 is 0. The molecule has 0 unspecified atom stereocenters. The zero-order valence-electron chi connectivity index (χ0n) is 16.8. The fourth-order valence-electron chi connectivity index (χ4n) is 2.15. The first-order chi connectivity index (χ1) is 15.1. The molecule has 1 rings (SSSR count). The molecule has 0 bridgehead atoms. The second kappa shape index (κ2) is 14.3. The Morgan fingerprint density at radius 1 is 0.625 bits per heavy atom. The number of carboxylic acids is 1. The molecular formula is C19H21F5O8. The zero-order valence-corrected chi connectivity index (χ0v) is 16.8. The summed E-state index contributed by atoms with van der Waals surface area (Å²) in [6.07, 6.45) is 0.307. The molecule has 0 saturated carbocycles. The molecule has 1 N–H and O–H groups in total. The number of carbonyl (C=O) groups excluding carboxylic acids is 2. The Hall–Kier alpha value is -2.80. The highest BCUT2D eigenvalue weighted by Gasteiger charge is 2.28. The standard InChI is InChI=1S/C19H21F5O8/c20-14-15(21)17(23)19(18(24)16(14)22)32-13(28)5-6-29-7-8-30-9-10-31-12(27)4-2-1-3-11(25)26/h1-10H2,(H,25,26). The van der Waals surface area contributed by atoms with Gasteiger partial charge in [-0.25, -0.2) is 13.2 Å². The van der Waals surface area contributed by atoms with Gasteiger partial charge >= 0.3 is 17.9 Å². The van der Waals surface area contributed by atoms with Crippen LogP contribution in [-0.4, -0.2) is 56.0 Å². The van der Waals surface area contributed by atoms with Crippen molar-refractivity contribution in [3.05, 3.63) is 29.1 Å². The number of carboxylic acid groups (broad SMARTS) is 1. The molecule has 0 aliphatic rings. The van der Waals surface area contributed by atoms with Crippen molar-refractivity contribution in [3.63, 3.8) is 0 Å². The van der Waals surface area contributed by atoms with Crippen LogP contribution in [-0.2, 0) is 28.6 Å². The lowest BCUT2D eigenvalue weighted by Gasteiger charge is -2.09. The van der Waals surface area contributed by atoms with E-state index in [0.717, 1.165) is 0 Å². The Labute approximate surface area is 179 Å². The van der Waals surface area contributed by atoms with Crippen molar-refractivity contribution in [3.8, 4) is 5.75 Å². The largest absolute Gasteiger partial charge is 0.481 e. The Kier molecular flexibility index (Phi) is 12.2. The number of aliphatic carboxylic acids is 1. The Bertz CT molecular complexity index is 773. The summed E-state index contributed by atoms with van der Waals surface area (Å²) in [6.45, 7) is -0.177. The fourth-order valence-corrected chi connectivity index (χ4v) is 2.15. The predicted molar refractivity (Wildman–Crippen MR) is 95.2 cm³/mol. The first-order valence-electron chi connectivity index (χ1n) is 9.40. The van der Waals surface area contributed by atoms with Gasteiger partial charge in [-0.1, -0.05) is 0 Å². The van der Waals surface area contributed by atoms with Crippen LogP contribution in [0.1, 0.15) is 32.1 Å². The molecule has 0 amide bonds. The van der Waals surface area contributed by atoms with Gasteiger partial charge in [-0.2, -0.15) is 8.78 Å². The van der Waals surface area contributed by atoms with Crippen LogP contribution in [0, 0.1) is 29.1 Å². The first kappa shape index (κ1) is 27.2. The summed E-state index contributed by atoms with van der Waals surface area (Å²) in [7, 11) is 0. The number of ether oxygens (including phenoxy) is 4. The molecule has 0 fully saturated rings. The van der Waals surface area contributed by atoms with E-state index in [1.165, 1.54) is 0 Å². The average molecular weight is 472 g/mol. The Morgan fingerprint density at radius 3 is 1.72 bits per heavy atom. The third-order valence-electron chi connectivity index (χ3n) is 3.72. The number of halogens is 5. The molecule has 0 aliphatic heterocycles. The summed E-state index contributed by atoms with van der Waals surface area (Å²) in [4.78, 5) is 33.2. The van der Waals surface area contributed by atoms with Crippen LogP contribution >= 0.6 is 0 Å². The molecule has 0 aliphatic carbocycles. The average Bonchev–Trinajstić information content (AvgIpc) is 2.75. The van der Waals surface area contributed by atoms with Crippen molar-refractivity contribution in [2.24, 2.45) is 0 Å². The molecule has 0 heterocycles. The van der Waals surface area contributed by atoms with E-state index in [1.54, 1.807) is 0 Å². The summed E-state index contributed by atoms with van der Waals surface area (Å²) in [5, 5.41) is 8.46. The molecule has 0 saturated heterocycles. The molecule has 0 radical (unpaired) electrons. The van der Waals surface area contributed by atoms with Crippen LogP contribution in [0.5, 0.6) is 5.75 Å². The predicted octanol–water partition coefficient (Wildman–Crippen LogP) is 2.90. The van der Waals surface area contributed by atoms with Crippen LogP contribution in [0.3, 0.4) is 0 Å². The van der Waals surface area contributed by atoms with E-state index in [9.17, 15) is 36.3 Å². The van der Waals surface area contributed by atoms with E-state index in [4.69, 9.17) is 19.3 Å². The lowest BCUT2D eigenvalue weighted by molar-refractivity contribution is -0.146. The highest BCUT2D eigenvalue weighted by molar-refractivity contribution is 5.72. The van der Waals surface area contributed by atoms with Crippen LogP contribution < -0.4 is 4.74 Å².